The molecular weight excluding hydrogens is 284 g/mol. The molecule has 2 aromatic rings. The van der Waals surface area contributed by atoms with Crippen molar-refractivity contribution in [3.63, 3.8) is 0 Å². The minimum Gasteiger partial charge on any atom is -0.286 e. The molecule has 3 rings (SSSR count). The Morgan fingerprint density at radius 2 is 1.71 bits per heavy atom. The number of benzene rings is 2. The molecule has 0 saturated carbocycles. The topological polar surface area (TPSA) is 54.4 Å². The van der Waals surface area contributed by atoms with E-state index in [1.807, 2.05) is 0 Å². The van der Waals surface area contributed by atoms with Gasteiger partial charge in [0.1, 0.15) is 0 Å². The summed E-state index contributed by atoms with van der Waals surface area (Å²) in [6.45, 7) is 0. The smallest absolute Gasteiger partial charge is 0.264 e. The third-order valence-corrected chi connectivity index (χ3v) is 4.79. The van der Waals surface area contributed by atoms with Crippen LogP contribution >= 0.6 is 0 Å². The lowest BCUT2D eigenvalue weighted by molar-refractivity contribution is 0.480. The highest BCUT2D eigenvalue weighted by atomic mass is 32.2. The first-order chi connectivity index (χ1) is 10.0. The maximum Gasteiger partial charge on any atom is 0.264 e. The van der Waals surface area contributed by atoms with Gasteiger partial charge in [0.05, 0.1) is 5.75 Å². The average molecular weight is 302 g/mol. The Labute approximate surface area is 125 Å². The molecule has 1 aliphatic carbocycles. The molecule has 0 radical (unpaired) electrons. The highest BCUT2D eigenvalue weighted by Gasteiger charge is 2.17. The van der Waals surface area contributed by atoms with Crippen molar-refractivity contribution in [1.29, 1.82) is 0 Å². The summed E-state index contributed by atoms with van der Waals surface area (Å²) in [6.07, 6.45) is 3.09. The fourth-order valence-electron chi connectivity index (χ4n) is 2.94. The Bertz CT molecular complexity index is 763. The normalized spacial score (nSPS) is 13.0. The summed E-state index contributed by atoms with van der Waals surface area (Å²) in [5.74, 6) is -0.152. The predicted octanol–water partition coefficient (Wildman–Crippen LogP) is 3.47. The second-order valence-corrected chi connectivity index (χ2v) is 7.14. The molecule has 3 nitrogen and oxygen atoms in total. The fraction of sp³-hybridized carbons (Fsp3) is 0.294. The number of unbranched alkanes of at least 4 members (excludes halogenated alkanes) is 1. The second-order valence-electron chi connectivity index (χ2n) is 5.57. The summed E-state index contributed by atoms with van der Waals surface area (Å²) in [7, 11) is -3.83. The Balaban J connectivity index is 1.70. The van der Waals surface area contributed by atoms with Gasteiger partial charge in [-0.1, -0.05) is 42.5 Å². The monoisotopic (exact) mass is 302 g/mol. The van der Waals surface area contributed by atoms with Crippen molar-refractivity contribution >= 4 is 10.1 Å². The van der Waals surface area contributed by atoms with Crippen LogP contribution in [-0.2, 0) is 23.0 Å². The standard InChI is InChI=1S/C17H18O3S/c18-21(19,20)10-4-3-5-13-8-9-15-12-14-6-1-2-7-16(14)17(15)11-13/h1-2,6-9,11H,3-5,10,12H2,(H,18,19,20). The molecule has 1 N–H and O–H groups in total. The third-order valence-electron chi connectivity index (χ3n) is 3.98. The van der Waals surface area contributed by atoms with Crippen LogP contribution in [0.4, 0.5) is 0 Å². The number of rotatable bonds is 5. The Morgan fingerprint density at radius 1 is 0.952 bits per heavy atom. The molecule has 0 aromatic heterocycles. The van der Waals surface area contributed by atoms with Crippen molar-refractivity contribution in [1.82, 2.24) is 0 Å². The van der Waals surface area contributed by atoms with Crippen LogP contribution in [0.15, 0.2) is 42.5 Å². The Morgan fingerprint density at radius 3 is 2.52 bits per heavy atom. The summed E-state index contributed by atoms with van der Waals surface area (Å²) in [5.41, 5.74) is 6.57. The molecule has 21 heavy (non-hydrogen) atoms. The predicted molar refractivity (Wildman–Crippen MR) is 84.0 cm³/mol. The zero-order valence-corrected chi connectivity index (χ0v) is 12.6. The van der Waals surface area contributed by atoms with Crippen LogP contribution in [0.1, 0.15) is 29.5 Å². The van der Waals surface area contributed by atoms with Crippen molar-refractivity contribution < 1.29 is 13.0 Å². The number of fused-ring (bicyclic) bond motifs is 3. The molecule has 4 heteroatoms. The fourth-order valence-corrected chi connectivity index (χ4v) is 3.51. The maximum absolute atomic E-state index is 10.7. The van der Waals surface area contributed by atoms with Gasteiger partial charge in [0.15, 0.2) is 0 Å². The molecule has 110 valence electrons. The van der Waals surface area contributed by atoms with Crippen molar-refractivity contribution in [3.05, 3.63) is 59.2 Å². The number of hydrogen-bond donors (Lipinski definition) is 1. The highest BCUT2D eigenvalue weighted by molar-refractivity contribution is 7.85. The first-order valence-corrected chi connectivity index (χ1v) is 8.79. The lowest BCUT2D eigenvalue weighted by Gasteiger charge is -2.06. The van der Waals surface area contributed by atoms with Crippen molar-refractivity contribution in [2.45, 2.75) is 25.7 Å². The van der Waals surface area contributed by atoms with E-state index in [2.05, 4.69) is 42.5 Å². The van der Waals surface area contributed by atoms with Gasteiger partial charge in [-0.2, -0.15) is 8.42 Å². The van der Waals surface area contributed by atoms with Crippen LogP contribution in [0.25, 0.3) is 11.1 Å². The van der Waals surface area contributed by atoms with Gasteiger partial charge in [0.2, 0.25) is 0 Å². The van der Waals surface area contributed by atoms with E-state index >= 15 is 0 Å². The van der Waals surface area contributed by atoms with E-state index < -0.39 is 10.1 Å². The van der Waals surface area contributed by atoms with Gasteiger partial charge >= 0.3 is 0 Å². The minimum absolute atomic E-state index is 0.152. The zero-order chi connectivity index (χ0) is 14.9. The molecular formula is C17H18O3S. The quantitative estimate of drug-likeness (QED) is 0.580. The van der Waals surface area contributed by atoms with Crippen LogP contribution < -0.4 is 0 Å². The molecule has 0 atom stereocenters. The molecule has 1 aliphatic rings. The van der Waals surface area contributed by atoms with Crippen molar-refractivity contribution in [3.8, 4) is 11.1 Å². The lowest BCUT2D eigenvalue weighted by atomic mass is 10.0. The van der Waals surface area contributed by atoms with Crippen LogP contribution in [0.2, 0.25) is 0 Å². The Hall–Kier alpha value is -1.65. The number of aryl methyl sites for hydroxylation is 1. The molecule has 0 saturated heterocycles. The van der Waals surface area contributed by atoms with Crippen LogP contribution in [0, 0.1) is 0 Å². The molecule has 0 heterocycles. The molecule has 0 spiro atoms. The van der Waals surface area contributed by atoms with Crippen LogP contribution in [0.3, 0.4) is 0 Å². The van der Waals surface area contributed by atoms with Crippen LogP contribution in [-0.4, -0.2) is 18.7 Å². The molecule has 0 fully saturated rings. The largest absolute Gasteiger partial charge is 0.286 e. The van der Waals surface area contributed by atoms with Gasteiger partial charge in [-0.25, -0.2) is 0 Å². The molecule has 0 unspecified atom stereocenters. The van der Waals surface area contributed by atoms with Gasteiger partial charge in [-0.3, -0.25) is 4.55 Å². The summed E-state index contributed by atoms with van der Waals surface area (Å²) in [6, 6.07) is 15.0. The number of hydrogen-bond acceptors (Lipinski definition) is 2. The summed E-state index contributed by atoms with van der Waals surface area (Å²) >= 11 is 0. The van der Waals surface area contributed by atoms with Crippen LogP contribution in [0.5, 0.6) is 0 Å². The minimum atomic E-state index is -3.83. The lowest BCUT2D eigenvalue weighted by Crippen LogP contribution is -2.03. The molecule has 0 amide bonds. The van der Waals surface area contributed by atoms with Gasteiger partial charge < -0.3 is 0 Å². The maximum atomic E-state index is 10.7. The average Bonchev–Trinajstić information content (AvgIpc) is 2.81. The van der Waals surface area contributed by atoms with Gasteiger partial charge in [0, 0.05) is 0 Å². The van der Waals surface area contributed by atoms with E-state index in [1.54, 1.807) is 0 Å². The molecule has 2 aromatic carbocycles. The molecule has 0 bridgehead atoms. The van der Waals surface area contributed by atoms with E-state index in [0.29, 0.717) is 6.42 Å². The molecule has 0 aliphatic heterocycles. The van der Waals surface area contributed by atoms with Crippen molar-refractivity contribution in [2.75, 3.05) is 5.75 Å². The van der Waals surface area contributed by atoms with Crippen molar-refractivity contribution in [2.24, 2.45) is 0 Å². The third kappa shape index (κ3) is 3.34. The highest BCUT2D eigenvalue weighted by Crippen LogP contribution is 2.36. The Kier molecular flexibility index (Phi) is 3.83. The van der Waals surface area contributed by atoms with Gasteiger partial charge in [0.25, 0.3) is 10.1 Å². The van der Waals surface area contributed by atoms with E-state index in [-0.39, 0.29) is 5.75 Å². The van der Waals surface area contributed by atoms with E-state index in [4.69, 9.17) is 4.55 Å². The van der Waals surface area contributed by atoms with Gasteiger partial charge in [-0.05, 0) is 53.5 Å². The zero-order valence-electron chi connectivity index (χ0n) is 11.7. The SMILES string of the molecule is O=S(=O)(O)CCCCc1ccc2c(c1)-c1ccccc1C2. The first kappa shape index (κ1) is 14.3. The summed E-state index contributed by atoms with van der Waals surface area (Å²) in [4.78, 5) is 0. The summed E-state index contributed by atoms with van der Waals surface area (Å²) < 4.78 is 30.1. The summed E-state index contributed by atoms with van der Waals surface area (Å²) in [5, 5.41) is 0. The second kappa shape index (κ2) is 5.62. The van der Waals surface area contributed by atoms with Gasteiger partial charge in [-0.15, -0.1) is 0 Å². The van der Waals surface area contributed by atoms with E-state index in [0.717, 1.165) is 19.3 Å². The van der Waals surface area contributed by atoms with E-state index in [1.165, 1.54) is 27.8 Å². The van der Waals surface area contributed by atoms with E-state index in [9.17, 15) is 8.42 Å². The first-order valence-electron chi connectivity index (χ1n) is 7.18.